The first-order chi connectivity index (χ1) is 12.1. The molecule has 1 aromatic rings. The zero-order chi connectivity index (χ0) is 17.6. The van der Waals surface area contributed by atoms with Crippen LogP contribution in [0.4, 0.5) is 0 Å². The van der Waals surface area contributed by atoms with E-state index in [0.717, 1.165) is 48.3 Å². The average Bonchev–Trinajstić information content (AvgIpc) is 3.28. The Morgan fingerprint density at radius 1 is 1.28 bits per heavy atom. The van der Waals surface area contributed by atoms with E-state index in [0.29, 0.717) is 10.9 Å². The molecule has 3 aliphatic rings. The van der Waals surface area contributed by atoms with Gasteiger partial charge in [0.15, 0.2) is 5.17 Å². The number of nitrogens with zero attached hydrogens (tertiary/aromatic N) is 5. The standard InChI is InChI=1S/C18H25N5OS/c1-4-23-13(3)15(12(2)20-23)10-16-17(24)19-18(25-16)22-9-8-21-7-5-6-14(21)11-22/h10,14H,4-9,11H2,1-3H3. The van der Waals surface area contributed by atoms with Crippen molar-refractivity contribution in [2.45, 2.75) is 46.2 Å². The second kappa shape index (κ2) is 6.61. The van der Waals surface area contributed by atoms with Crippen LogP contribution < -0.4 is 0 Å². The van der Waals surface area contributed by atoms with E-state index < -0.39 is 0 Å². The third kappa shape index (κ3) is 3.04. The lowest BCUT2D eigenvalue weighted by atomic mass is 10.2. The van der Waals surface area contributed by atoms with Crippen LogP contribution in [0.1, 0.15) is 36.7 Å². The number of piperazine rings is 1. The molecular weight excluding hydrogens is 334 g/mol. The second-order valence-electron chi connectivity index (χ2n) is 6.99. The monoisotopic (exact) mass is 359 g/mol. The Morgan fingerprint density at radius 2 is 2.12 bits per heavy atom. The molecule has 25 heavy (non-hydrogen) atoms. The molecule has 4 heterocycles. The highest BCUT2D eigenvalue weighted by molar-refractivity contribution is 8.18. The van der Waals surface area contributed by atoms with Crippen molar-refractivity contribution in [3.05, 3.63) is 21.9 Å². The number of carbonyl (C=O) groups excluding carboxylic acids is 1. The Bertz CT molecular complexity index is 766. The molecule has 0 bridgehead atoms. The largest absolute Gasteiger partial charge is 0.348 e. The molecule has 0 aliphatic carbocycles. The maximum absolute atomic E-state index is 12.4. The third-order valence-corrected chi connectivity index (χ3v) is 6.52. The third-order valence-electron chi connectivity index (χ3n) is 5.48. The van der Waals surface area contributed by atoms with Gasteiger partial charge < -0.3 is 4.90 Å². The normalized spacial score (nSPS) is 25.8. The van der Waals surface area contributed by atoms with Crippen LogP contribution in [0.2, 0.25) is 0 Å². The van der Waals surface area contributed by atoms with Crippen molar-refractivity contribution in [3.8, 4) is 0 Å². The number of thioether (sulfide) groups is 1. The summed E-state index contributed by atoms with van der Waals surface area (Å²) in [5, 5.41) is 5.42. The number of hydrogen-bond acceptors (Lipinski definition) is 5. The first-order valence-corrected chi connectivity index (χ1v) is 9.94. The predicted molar refractivity (Wildman–Crippen MR) is 102 cm³/mol. The fourth-order valence-corrected chi connectivity index (χ4v) is 4.99. The first-order valence-electron chi connectivity index (χ1n) is 9.12. The Labute approximate surface area is 153 Å². The first kappa shape index (κ1) is 16.8. The number of hydrogen-bond donors (Lipinski definition) is 0. The minimum Gasteiger partial charge on any atom is -0.348 e. The Hall–Kier alpha value is -1.60. The molecule has 1 atom stereocenters. The van der Waals surface area contributed by atoms with Gasteiger partial charge in [-0.25, -0.2) is 0 Å². The van der Waals surface area contributed by atoms with E-state index in [1.165, 1.54) is 31.1 Å². The minimum atomic E-state index is -0.114. The molecule has 2 fully saturated rings. The van der Waals surface area contributed by atoms with Gasteiger partial charge >= 0.3 is 0 Å². The molecule has 0 saturated carbocycles. The average molecular weight is 359 g/mol. The van der Waals surface area contributed by atoms with E-state index in [1.54, 1.807) is 0 Å². The van der Waals surface area contributed by atoms with Gasteiger partial charge in [-0.15, -0.1) is 0 Å². The molecular formula is C18H25N5OS. The van der Waals surface area contributed by atoms with Gasteiger partial charge in [-0.3, -0.25) is 14.4 Å². The van der Waals surface area contributed by atoms with E-state index in [-0.39, 0.29) is 5.91 Å². The molecule has 3 aliphatic heterocycles. The molecule has 7 heteroatoms. The molecule has 6 nitrogen and oxygen atoms in total. The van der Waals surface area contributed by atoms with Crippen molar-refractivity contribution in [1.82, 2.24) is 19.6 Å². The summed E-state index contributed by atoms with van der Waals surface area (Å²) in [5.74, 6) is -0.114. The van der Waals surface area contributed by atoms with Crippen molar-refractivity contribution in [2.24, 2.45) is 4.99 Å². The zero-order valence-corrected chi connectivity index (χ0v) is 16.0. The van der Waals surface area contributed by atoms with Crippen LogP contribution in [0, 0.1) is 13.8 Å². The van der Waals surface area contributed by atoms with Gasteiger partial charge in [-0.1, -0.05) is 0 Å². The van der Waals surface area contributed by atoms with E-state index in [2.05, 4.69) is 33.7 Å². The molecule has 1 aromatic heterocycles. The lowest BCUT2D eigenvalue weighted by Crippen LogP contribution is -2.51. The van der Waals surface area contributed by atoms with E-state index in [4.69, 9.17) is 0 Å². The minimum absolute atomic E-state index is 0.114. The number of fused-ring (bicyclic) bond motifs is 1. The van der Waals surface area contributed by atoms with Gasteiger partial charge in [0.05, 0.1) is 10.6 Å². The number of amides is 1. The molecule has 0 aromatic carbocycles. The molecule has 1 amide bonds. The fourth-order valence-electron chi connectivity index (χ4n) is 4.06. The number of rotatable bonds is 2. The lowest BCUT2D eigenvalue weighted by Gasteiger charge is -2.38. The van der Waals surface area contributed by atoms with Gasteiger partial charge in [0.1, 0.15) is 0 Å². The Balaban J connectivity index is 1.52. The molecule has 2 saturated heterocycles. The number of amidine groups is 1. The number of aliphatic imine (C=N–C) groups is 1. The topological polar surface area (TPSA) is 53.7 Å². The van der Waals surface area contributed by atoms with Crippen LogP contribution in [-0.4, -0.2) is 62.9 Å². The summed E-state index contributed by atoms with van der Waals surface area (Å²) in [6, 6.07) is 0.632. The predicted octanol–water partition coefficient (Wildman–Crippen LogP) is 2.27. The molecule has 0 spiro atoms. The van der Waals surface area contributed by atoms with Gasteiger partial charge in [0, 0.05) is 43.5 Å². The fraction of sp³-hybridized carbons (Fsp3) is 0.611. The molecule has 134 valence electrons. The molecule has 4 rings (SSSR count). The number of aryl methyl sites for hydroxylation is 2. The SMILES string of the molecule is CCn1nc(C)c(C=C2SC(N3CCN4CCCC4C3)=NC2=O)c1C. The van der Waals surface area contributed by atoms with E-state index in [1.807, 2.05) is 17.7 Å². The maximum atomic E-state index is 12.4. The summed E-state index contributed by atoms with van der Waals surface area (Å²) in [6.45, 7) is 11.2. The summed E-state index contributed by atoms with van der Waals surface area (Å²) in [5.41, 5.74) is 3.12. The van der Waals surface area contributed by atoms with Crippen LogP contribution in [0.25, 0.3) is 6.08 Å². The maximum Gasteiger partial charge on any atom is 0.286 e. The van der Waals surface area contributed by atoms with E-state index >= 15 is 0 Å². The molecule has 0 N–H and O–H groups in total. The van der Waals surface area contributed by atoms with Crippen molar-refractivity contribution in [2.75, 3.05) is 26.2 Å². The zero-order valence-electron chi connectivity index (χ0n) is 15.2. The van der Waals surface area contributed by atoms with Gasteiger partial charge in [-0.05, 0) is 58.0 Å². The summed E-state index contributed by atoms with van der Waals surface area (Å²) in [6.07, 6.45) is 4.53. The van der Waals surface area contributed by atoms with Crippen molar-refractivity contribution < 1.29 is 4.79 Å². The Morgan fingerprint density at radius 3 is 2.88 bits per heavy atom. The number of aromatic nitrogens is 2. The molecule has 0 radical (unpaired) electrons. The second-order valence-corrected chi connectivity index (χ2v) is 8.00. The molecule has 1 unspecified atom stereocenters. The van der Waals surface area contributed by atoms with Crippen LogP contribution in [-0.2, 0) is 11.3 Å². The smallest absolute Gasteiger partial charge is 0.286 e. The van der Waals surface area contributed by atoms with Crippen LogP contribution in [0.5, 0.6) is 0 Å². The summed E-state index contributed by atoms with van der Waals surface area (Å²) >= 11 is 1.52. The van der Waals surface area contributed by atoms with Gasteiger partial charge in [0.25, 0.3) is 5.91 Å². The van der Waals surface area contributed by atoms with Crippen LogP contribution in [0.3, 0.4) is 0 Å². The Kier molecular flexibility index (Phi) is 4.45. The van der Waals surface area contributed by atoms with Crippen molar-refractivity contribution in [1.29, 1.82) is 0 Å². The highest BCUT2D eigenvalue weighted by Gasteiger charge is 2.34. The lowest BCUT2D eigenvalue weighted by molar-refractivity contribution is -0.113. The van der Waals surface area contributed by atoms with Gasteiger partial charge in [0.2, 0.25) is 0 Å². The van der Waals surface area contributed by atoms with Crippen LogP contribution >= 0.6 is 11.8 Å². The van der Waals surface area contributed by atoms with Gasteiger partial charge in [-0.2, -0.15) is 10.1 Å². The summed E-state index contributed by atoms with van der Waals surface area (Å²) in [4.78, 5) is 22.3. The highest BCUT2D eigenvalue weighted by Crippen LogP contribution is 2.33. The van der Waals surface area contributed by atoms with E-state index in [9.17, 15) is 4.79 Å². The summed E-state index contributed by atoms with van der Waals surface area (Å²) in [7, 11) is 0. The quantitative estimate of drug-likeness (QED) is 0.758. The van der Waals surface area contributed by atoms with Crippen LogP contribution in [0.15, 0.2) is 9.90 Å². The van der Waals surface area contributed by atoms with Crippen molar-refractivity contribution >= 4 is 28.9 Å². The highest BCUT2D eigenvalue weighted by atomic mass is 32.2. The summed E-state index contributed by atoms with van der Waals surface area (Å²) < 4.78 is 1.98. The number of carbonyl (C=O) groups is 1. The van der Waals surface area contributed by atoms with Crippen molar-refractivity contribution in [3.63, 3.8) is 0 Å².